The molecule has 0 fully saturated rings. The van der Waals surface area contributed by atoms with Gasteiger partial charge in [0.15, 0.2) is 12.4 Å². The van der Waals surface area contributed by atoms with Crippen LogP contribution in [0.15, 0.2) is 40.1 Å². The zero-order valence-electron chi connectivity index (χ0n) is 13.7. The first-order valence-electron chi connectivity index (χ1n) is 7.47. The Morgan fingerprint density at radius 2 is 2.04 bits per heavy atom. The van der Waals surface area contributed by atoms with Crippen molar-refractivity contribution in [3.05, 3.63) is 46.0 Å². The highest BCUT2D eigenvalue weighted by molar-refractivity contribution is 7.85. The summed E-state index contributed by atoms with van der Waals surface area (Å²) >= 11 is 1.54. The van der Waals surface area contributed by atoms with Gasteiger partial charge >= 0.3 is 0 Å². The Hall–Kier alpha value is -1.84. The lowest BCUT2D eigenvalue weighted by Gasteiger charge is -1.97. The molecule has 0 saturated carbocycles. The summed E-state index contributed by atoms with van der Waals surface area (Å²) < 4.78 is 33.9. The quantitative estimate of drug-likeness (QED) is 0.262. The fourth-order valence-corrected chi connectivity index (χ4v) is 3.36. The van der Waals surface area contributed by atoms with Gasteiger partial charge in [-0.15, -0.1) is 16.4 Å². The fraction of sp³-hybridized carbons (Fsp3) is 0.400. The normalized spacial score (nSPS) is 13.0. The zero-order valence-corrected chi connectivity index (χ0v) is 15.3. The maximum absolute atomic E-state index is 10.6. The molecule has 130 valence electrons. The van der Waals surface area contributed by atoms with Crippen molar-refractivity contribution in [3.8, 4) is 0 Å². The monoisotopic (exact) mass is 369 g/mol. The van der Waals surface area contributed by atoms with Crippen molar-refractivity contribution in [2.24, 2.45) is 17.3 Å². The van der Waals surface area contributed by atoms with E-state index in [0.29, 0.717) is 19.4 Å². The molecular formula is C15H21N4O3S2+. The molecule has 0 radical (unpaired) electrons. The molecule has 7 nitrogen and oxygen atoms in total. The molecule has 1 N–H and O–H groups in total. The van der Waals surface area contributed by atoms with Crippen LogP contribution in [0.25, 0.3) is 0 Å². The van der Waals surface area contributed by atoms with Gasteiger partial charge in [-0.2, -0.15) is 13.5 Å². The summed E-state index contributed by atoms with van der Waals surface area (Å²) in [6, 6.07) is 3.84. The van der Waals surface area contributed by atoms with Crippen LogP contribution in [0.1, 0.15) is 24.1 Å². The van der Waals surface area contributed by atoms with E-state index < -0.39 is 10.1 Å². The van der Waals surface area contributed by atoms with Gasteiger partial charge in [0.25, 0.3) is 10.1 Å². The molecule has 2 aromatic rings. The smallest absolute Gasteiger partial charge is 0.264 e. The van der Waals surface area contributed by atoms with Gasteiger partial charge in [0.1, 0.15) is 6.54 Å². The summed E-state index contributed by atoms with van der Waals surface area (Å²) in [6.45, 7) is 2.72. The zero-order chi connectivity index (χ0) is 17.6. The van der Waals surface area contributed by atoms with E-state index in [1.165, 1.54) is 0 Å². The largest absolute Gasteiger partial charge is 0.323 e. The topological polar surface area (TPSA) is 87.9 Å². The van der Waals surface area contributed by atoms with Gasteiger partial charge in [-0.1, -0.05) is 0 Å². The standard InChI is InChI=1S/C15H20N4O3S2/c1-13-12-23-15(18(13)2)17-16-11-14-5-8-19(9-6-14)7-3-4-10-24(20,21)22/h5-6,8-9,11-12H,3-4,7,10H2,1-2H3/p+1. The minimum Gasteiger partial charge on any atom is -0.323 e. The molecule has 0 aliphatic carbocycles. The molecule has 0 bridgehead atoms. The van der Waals surface area contributed by atoms with Crippen molar-refractivity contribution >= 4 is 27.7 Å². The van der Waals surface area contributed by atoms with E-state index in [9.17, 15) is 8.42 Å². The van der Waals surface area contributed by atoms with Crippen molar-refractivity contribution in [2.45, 2.75) is 26.3 Å². The van der Waals surface area contributed by atoms with Crippen LogP contribution < -0.4 is 9.37 Å². The Labute approximate surface area is 145 Å². The van der Waals surface area contributed by atoms with Gasteiger partial charge < -0.3 is 4.57 Å². The van der Waals surface area contributed by atoms with Crippen LogP contribution in [0.3, 0.4) is 0 Å². The SMILES string of the molecule is Cc1csc(=NN=Cc2cc[n+](CCCCS(=O)(=O)O)cc2)n1C. The van der Waals surface area contributed by atoms with E-state index in [0.717, 1.165) is 16.1 Å². The predicted molar refractivity (Wildman–Crippen MR) is 93.5 cm³/mol. The average molecular weight is 369 g/mol. The number of hydrogen-bond acceptors (Lipinski definition) is 5. The lowest BCUT2D eigenvalue weighted by Crippen LogP contribution is -2.32. The highest BCUT2D eigenvalue weighted by atomic mass is 32.2. The summed E-state index contributed by atoms with van der Waals surface area (Å²) in [4.78, 5) is 0.841. The van der Waals surface area contributed by atoms with Gasteiger partial charge in [0, 0.05) is 42.2 Å². The molecule has 2 heterocycles. The van der Waals surface area contributed by atoms with Crippen molar-refractivity contribution < 1.29 is 17.5 Å². The molecule has 0 atom stereocenters. The molecule has 2 rings (SSSR count). The third-order valence-electron chi connectivity index (χ3n) is 3.49. The van der Waals surface area contributed by atoms with Crippen LogP contribution in [0.2, 0.25) is 0 Å². The number of hydrogen-bond donors (Lipinski definition) is 1. The molecule has 24 heavy (non-hydrogen) atoms. The first-order chi connectivity index (χ1) is 11.3. The summed E-state index contributed by atoms with van der Waals surface area (Å²) in [5.74, 6) is -0.195. The van der Waals surface area contributed by atoms with Gasteiger partial charge in [-0.05, 0) is 13.3 Å². The van der Waals surface area contributed by atoms with Crippen molar-refractivity contribution in [2.75, 3.05) is 5.75 Å². The first-order valence-corrected chi connectivity index (χ1v) is 9.96. The molecule has 0 aliphatic heterocycles. The van der Waals surface area contributed by atoms with Crippen molar-refractivity contribution in [1.29, 1.82) is 0 Å². The second-order valence-corrected chi connectivity index (χ2v) is 7.83. The van der Waals surface area contributed by atoms with Crippen LogP contribution in [-0.4, -0.2) is 29.5 Å². The first kappa shape index (κ1) is 18.5. The highest BCUT2D eigenvalue weighted by Gasteiger charge is 2.05. The maximum atomic E-state index is 10.6. The molecule has 0 spiro atoms. The average Bonchev–Trinajstić information content (AvgIpc) is 2.84. The number of nitrogens with zero attached hydrogens (tertiary/aromatic N) is 4. The molecule has 9 heteroatoms. The molecule has 0 amide bonds. The van der Waals surface area contributed by atoms with Crippen molar-refractivity contribution in [3.63, 3.8) is 0 Å². The molecule has 2 aromatic heterocycles. The highest BCUT2D eigenvalue weighted by Crippen LogP contribution is 1.97. The fourth-order valence-electron chi connectivity index (χ4n) is 1.97. The van der Waals surface area contributed by atoms with Gasteiger partial charge in [-0.25, -0.2) is 4.57 Å². The molecule has 0 aromatic carbocycles. The summed E-state index contributed by atoms with van der Waals surface area (Å²) in [7, 11) is -1.91. The third kappa shape index (κ3) is 5.99. The molecule has 0 saturated heterocycles. The summed E-state index contributed by atoms with van der Waals surface area (Å²) in [6.07, 6.45) is 6.62. The third-order valence-corrected chi connectivity index (χ3v) is 5.32. The van der Waals surface area contributed by atoms with Gasteiger partial charge in [0.05, 0.1) is 12.0 Å². The van der Waals surface area contributed by atoms with E-state index in [-0.39, 0.29) is 5.75 Å². The number of rotatable bonds is 7. The molecule has 0 unspecified atom stereocenters. The summed E-state index contributed by atoms with van der Waals surface area (Å²) in [5, 5.41) is 10.3. The van der Waals surface area contributed by atoms with E-state index >= 15 is 0 Å². The van der Waals surface area contributed by atoms with Crippen LogP contribution >= 0.6 is 11.3 Å². The van der Waals surface area contributed by atoms with Crippen molar-refractivity contribution in [1.82, 2.24) is 4.57 Å². The number of thiazole rings is 1. The minimum atomic E-state index is -3.86. The van der Waals surface area contributed by atoms with E-state index in [2.05, 4.69) is 10.2 Å². The number of pyridine rings is 1. The molecular weight excluding hydrogens is 348 g/mol. The van der Waals surface area contributed by atoms with Gasteiger partial charge in [-0.3, -0.25) is 4.55 Å². The predicted octanol–water partition coefficient (Wildman–Crippen LogP) is 1.29. The minimum absolute atomic E-state index is 0.195. The lowest BCUT2D eigenvalue weighted by atomic mass is 10.3. The molecule has 0 aliphatic rings. The van der Waals surface area contributed by atoms with Gasteiger partial charge in [0.2, 0.25) is 4.80 Å². The Morgan fingerprint density at radius 3 is 2.62 bits per heavy atom. The van der Waals surface area contributed by atoms with E-state index in [1.807, 2.05) is 53.0 Å². The number of aryl methyl sites for hydroxylation is 2. The van der Waals surface area contributed by atoms with Crippen LogP contribution in [0.5, 0.6) is 0 Å². The Bertz CT molecular complexity index is 865. The Balaban J connectivity index is 1.89. The maximum Gasteiger partial charge on any atom is 0.264 e. The Kier molecular flexibility index (Phi) is 6.41. The summed E-state index contributed by atoms with van der Waals surface area (Å²) in [5.41, 5.74) is 2.08. The second-order valence-electron chi connectivity index (χ2n) is 5.43. The van der Waals surface area contributed by atoms with E-state index in [1.54, 1.807) is 17.6 Å². The number of aromatic nitrogens is 2. The van der Waals surface area contributed by atoms with Crippen LogP contribution in [0.4, 0.5) is 0 Å². The Morgan fingerprint density at radius 1 is 1.33 bits per heavy atom. The number of unbranched alkanes of at least 4 members (excludes halogenated alkanes) is 1. The lowest BCUT2D eigenvalue weighted by molar-refractivity contribution is -0.697. The van der Waals surface area contributed by atoms with E-state index in [4.69, 9.17) is 4.55 Å². The van der Waals surface area contributed by atoms with Crippen LogP contribution in [0, 0.1) is 6.92 Å². The second kappa shape index (κ2) is 8.32. The van der Waals surface area contributed by atoms with Crippen LogP contribution in [-0.2, 0) is 23.7 Å².